The molecule has 0 aliphatic heterocycles. The second-order valence-corrected chi connectivity index (χ2v) is 6.25. The van der Waals surface area contributed by atoms with Gasteiger partial charge in [0, 0.05) is 12.1 Å². The maximum absolute atomic E-state index is 6.05. The van der Waals surface area contributed by atoms with E-state index < -0.39 is 0 Å². The van der Waals surface area contributed by atoms with Crippen LogP contribution in [0.4, 0.5) is 0 Å². The molecule has 3 atom stereocenters. The third-order valence-electron chi connectivity index (χ3n) is 5.07. The van der Waals surface area contributed by atoms with Gasteiger partial charge >= 0.3 is 0 Å². The van der Waals surface area contributed by atoms with Gasteiger partial charge in [-0.3, -0.25) is 0 Å². The molecule has 0 bridgehead atoms. The zero-order chi connectivity index (χ0) is 12.9. The fraction of sp³-hybridized carbons (Fsp3) is 1.00. The van der Waals surface area contributed by atoms with Crippen molar-refractivity contribution in [3.63, 3.8) is 0 Å². The van der Waals surface area contributed by atoms with Gasteiger partial charge in [0.05, 0.1) is 0 Å². The summed E-state index contributed by atoms with van der Waals surface area (Å²) in [6, 6.07) is 0. The van der Waals surface area contributed by atoms with Gasteiger partial charge in [0.1, 0.15) is 0 Å². The quantitative estimate of drug-likeness (QED) is 0.748. The lowest BCUT2D eigenvalue weighted by molar-refractivity contribution is 0.140. The van der Waals surface area contributed by atoms with Gasteiger partial charge in [-0.05, 0) is 43.6 Å². The summed E-state index contributed by atoms with van der Waals surface area (Å²) in [5.74, 6) is 2.49. The molecule has 0 heterocycles. The minimum Gasteiger partial charge on any atom is -0.329 e. The molecule has 1 fully saturated rings. The highest BCUT2D eigenvalue weighted by Gasteiger charge is 2.36. The molecule has 1 rings (SSSR count). The van der Waals surface area contributed by atoms with Gasteiger partial charge in [-0.1, -0.05) is 40.5 Å². The summed E-state index contributed by atoms with van der Waals surface area (Å²) in [5, 5.41) is 3.81. The zero-order valence-electron chi connectivity index (χ0n) is 12.3. The van der Waals surface area contributed by atoms with E-state index in [4.69, 9.17) is 5.73 Å². The van der Waals surface area contributed by atoms with Crippen molar-refractivity contribution in [1.29, 1.82) is 0 Å². The molecule has 0 saturated heterocycles. The van der Waals surface area contributed by atoms with E-state index in [-0.39, 0.29) is 5.54 Å². The Kier molecular flexibility index (Phi) is 5.94. The van der Waals surface area contributed by atoms with E-state index >= 15 is 0 Å². The summed E-state index contributed by atoms with van der Waals surface area (Å²) < 4.78 is 0. The van der Waals surface area contributed by atoms with Crippen LogP contribution in [0.2, 0.25) is 0 Å². The van der Waals surface area contributed by atoms with Crippen LogP contribution in [-0.4, -0.2) is 18.6 Å². The summed E-state index contributed by atoms with van der Waals surface area (Å²) >= 11 is 0. The molecule has 17 heavy (non-hydrogen) atoms. The third-order valence-corrected chi connectivity index (χ3v) is 5.07. The largest absolute Gasteiger partial charge is 0.329 e. The Morgan fingerprint density at radius 1 is 1.24 bits per heavy atom. The van der Waals surface area contributed by atoms with Crippen molar-refractivity contribution in [2.75, 3.05) is 13.1 Å². The number of nitrogens with one attached hydrogen (secondary N) is 1. The molecule has 102 valence electrons. The van der Waals surface area contributed by atoms with Gasteiger partial charge < -0.3 is 11.1 Å². The molecule has 0 aromatic rings. The molecule has 3 N–H and O–H groups in total. The maximum Gasteiger partial charge on any atom is 0.0306 e. The minimum atomic E-state index is 0.231. The van der Waals surface area contributed by atoms with Crippen LogP contribution in [0.15, 0.2) is 0 Å². The van der Waals surface area contributed by atoms with Crippen LogP contribution in [0.5, 0.6) is 0 Å². The number of hydrogen-bond donors (Lipinski definition) is 2. The Bertz CT molecular complexity index is 213. The summed E-state index contributed by atoms with van der Waals surface area (Å²) in [6.45, 7) is 11.3. The second-order valence-electron chi connectivity index (χ2n) is 6.25. The standard InChI is InChI=1S/C15H32N2/c1-5-14(6-2)10-17-15(11-16)8-7-12(3)13(4)9-15/h12-14,17H,5-11,16H2,1-4H3. The highest BCUT2D eigenvalue weighted by Crippen LogP contribution is 2.35. The van der Waals surface area contributed by atoms with Gasteiger partial charge in [-0.15, -0.1) is 0 Å². The lowest BCUT2D eigenvalue weighted by atomic mass is 9.71. The van der Waals surface area contributed by atoms with Gasteiger partial charge in [-0.2, -0.15) is 0 Å². The molecule has 3 unspecified atom stereocenters. The first kappa shape index (κ1) is 15.0. The third kappa shape index (κ3) is 3.96. The molecule has 0 radical (unpaired) electrons. The lowest BCUT2D eigenvalue weighted by Crippen LogP contribution is -2.56. The van der Waals surface area contributed by atoms with Crippen molar-refractivity contribution in [3.05, 3.63) is 0 Å². The first-order chi connectivity index (χ1) is 8.06. The summed E-state index contributed by atoms with van der Waals surface area (Å²) in [5.41, 5.74) is 6.28. The van der Waals surface area contributed by atoms with E-state index in [0.29, 0.717) is 0 Å². The number of nitrogens with two attached hydrogens (primary N) is 1. The Balaban J connectivity index is 2.51. The van der Waals surface area contributed by atoms with Crippen molar-refractivity contribution in [2.24, 2.45) is 23.5 Å². The molecule has 0 amide bonds. The molecular weight excluding hydrogens is 208 g/mol. The van der Waals surface area contributed by atoms with E-state index in [1.54, 1.807) is 0 Å². The molecule has 0 aromatic heterocycles. The van der Waals surface area contributed by atoms with E-state index in [9.17, 15) is 0 Å². The van der Waals surface area contributed by atoms with Gasteiger partial charge in [0.15, 0.2) is 0 Å². The van der Waals surface area contributed by atoms with Crippen molar-refractivity contribution >= 4 is 0 Å². The fourth-order valence-corrected chi connectivity index (χ4v) is 3.06. The zero-order valence-corrected chi connectivity index (χ0v) is 12.3. The Morgan fingerprint density at radius 2 is 1.88 bits per heavy atom. The van der Waals surface area contributed by atoms with Crippen LogP contribution < -0.4 is 11.1 Å². The van der Waals surface area contributed by atoms with Crippen LogP contribution >= 0.6 is 0 Å². The number of rotatable bonds is 6. The molecule has 0 spiro atoms. The predicted molar refractivity (Wildman–Crippen MR) is 76.0 cm³/mol. The number of hydrogen-bond acceptors (Lipinski definition) is 2. The molecule has 1 aliphatic carbocycles. The SMILES string of the molecule is CCC(CC)CNC1(CN)CCC(C)C(C)C1. The van der Waals surface area contributed by atoms with Crippen LogP contribution in [-0.2, 0) is 0 Å². The average Bonchev–Trinajstić information content (AvgIpc) is 2.35. The maximum atomic E-state index is 6.05. The van der Waals surface area contributed by atoms with E-state index in [2.05, 4.69) is 33.0 Å². The predicted octanol–water partition coefficient (Wildman–Crippen LogP) is 3.17. The average molecular weight is 240 g/mol. The Hall–Kier alpha value is -0.0800. The van der Waals surface area contributed by atoms with E-state index in [0.717, 1.165) is 30.8 Å². The van der Waals surface area contributed by atoms with Crippen LogP contribution in [0, 0.1) is 17.8 Å². The molecule has 2 heteroatoms. The first-order valence-corrected chi connectivity index (χ1v) is 7.52. The van der Waals surface area contributed by atoms with E-state index in [1.807, 2.05) is 0 Å². The second kappa shape index (κ2) is 6.75. The van der Waals surface area contributed by atoms with E-state index in [1.165, 1.54) is 32.1 Å². The Morgan fingerprint density at radius 3 is 2.35 bits per heavy atom. The van der Waals surface area contributed by atoms with Crippen molar-refractivity contribution in [3.8, 4) is 0 Å². The molecule has 1 aliphatic rings. The normalized spacial score (nSPS) is 34.2. The monoisotopic (exact) mass is 240 g/mol. The molecule has 2 nitrogen and oxygen atoms in total. The van der Waals surface area contributed by atoms with Crippen molar-refractivity contribution < 1.29 is 0 Å². The molecular formula is C15H32N2. The van der Waals surface area contributed by atoms with Crippen molar-refractivity contribution in [1.82, 2.24) is 5.32 Å². The van der Waals surface area contributed by atoms with Crippen LogP contribution in [0.25, 0.3) is 0 Å². The smallest absolute Gasteiger partial charge is 0.0306 e. The van der Waals surface area contributed by atoms with Crippen LogP contribution in [0.3, 0.4) is 0 Å². The molecule has 0 aromatic carbocycles. The fourth-order valence-electron chi connectivity index (χ4n) is 3.06. The summed E-state index contributed by atoms with van der Waals surface area (Å²) in [4.78, 5) is 0. The highest BCUT2D eigenvalue weighted by molar-refractivity contribution is 4.95. The topological polar surface area (TPSA) is 38.0 Å². The highest BCUT2D eigenvalue weighted by atomic mass is 15.0. The summed E-state index contributed by atoms with van der Waals surface area (Å²) in [6.07, 6.45) is 6.39. The first-order valence-electron chi connectivity index (χ1n) is 7.52. The van der Waals surface area contributed by atoms with Gasteiger partial charge in [0.25, 0.3) is 0 Å². The van der Waals surface area contributed by atoms with Crippen molar-refractivity contribution in [2.45, 2.75) is 65.3 Å². The molecule has 1 saturated carbocycles. The van der Waals surface area contributed by atoms with Gasteiger partial charge in [-0.25, -0.2) is 0 Å². The minimum absolute atomic E-state index is 0.231. The van der Waals surface area contributed by atoms with Gasteiger partial charge in [0.2, 0.25) is 0 Å². The van der Waals surface area contributed by atoms with Crippen LogP contribution in [0.1, 0.15) is 59.8 Å². The summed E-state index contributed by atoms with van der Waals surface area (Å²) in [7, 11) is 0. The Labute approximate surface area is 108 Å². The lowest BCUT2D eigenvalue weighted by Gasteiger charge is -2.43.